The summed E-state index contributed by atoms with van der Waals surface area (Å²) in [7, 11) is 1.54. The molecule has 1 atom stereocenters. The Hall–Kier alpha value is 0.137. The van der Waals surface area contributed by atoms with E-state index >= 15 is 0 Å². The number of hydrogen-bond acceptors (Lipinski definition) is 2. The monoisotopic (exact) mass is 246 g/mol. The summed E-state index contributed by atoms with van der Waals surface area (Å²) in [5.74, 6) is 1.26. The van der Waals surface area contributed by atoms with Gasteiger partial charge in [0, 0.05) is 19.3 Å². The molecule has 1 unspecified atom stereocenters. The molecule has 0 amide bonds. The predicted molar refractivity (Wildman–Crippen MR) is 72.9 cm³/mol. The fourth-order valence-electron chi connectivity index (χ4n) is 2.65. The Morgan fingerprint density at radius 2 is 1.50 bits per heavy atom. The molecule has 98 valence electrons. The molecule has 0 aromatic rings. The van der Waals surface area contributed by atoms with Crippen LogP contribution in [-0.4, -0.2) is 22.8 Å². The topological polar surface area (TPSA) is 18.5 Å². The normalized spacial score (nSPS) is 15.6. The summed E-state index contributed by atoms with van der Waals surface area (Å²) in [5.41, 5.74) is 0. The molecule has 0 heterocycles. The van der Waals surface area contributed by atoms with Crippen molar-refractivity contribution in [2.75, 3.05) is 14.2 Å². The second-order valence-electron chi connectivity index (χ2n) is 5.67. The van der Waals surface area contributed by atoms with E-state index in [-0.39, 0.29) is 5.04 Å². The Morgan fingerprint density at radius 1 is 1.06 bits per heavy atom. The summed E-state index contributed by atoms with van der Waals surface area (Å²) >= 11 is 0. The maximum absolute atomic E-state index is 5.88. The van der Waals surface area contributed by atoms with Crippen LogP contribution in [0, 0.1) is 11.8 Å². The maximum atomic E-state index is 5.88. The second-order valence-corrected chi connectivity index (χ2v) is 9.78. The van der Waals surface area contributed by atoms with E-state index in [0.717, 1.165) is 12.5 Å². The molecule has 0 radical (unpaired) electrons. The summed E-state index contributed by atoms with van der Waals surface area (Å²) in [6.07, 6.45) is 1.13. The van der Waals surface area contributed by atoms with Gasteiger partial charge in [-0.2, -0.15) is 0 Å². The van der Waals surface area contributed by atoms with Crippen LogP contribution < -0.4 is 0 Å². The third-order valence-electron chi connectivity index (χ3n) is 4.36. The van der Waals surface area contributed by atoms with E-state index in [1.54, 1.807) is 0 Å². The molecule has 0 aliphatic carbocycles. The predicted octanol–water partition coefficient (Wildman–Crippen LogP) is 4.20. The molecule has 0 aromatic heterocycles. The summed E-state index contributed by atoms with van der Waals surface area (Å²) in [4.78, 5) is 0. The Morgan fingerprint density at radius 3 is 1.75 bits per heavy atom. The van der Waals surface area contributed by atoms with E-state index in [4.69, 9.17) is 8.85 Å². The van der Waals surface area contributed by atoms with Crippen LogP contribution in [0.3, 0.4) is 0 Å². The molecule has 0 spiro atoms. The van der Waals surface area contributed by atoms with Gasteiger partial charge in [-0.05, 0) is 17.9 Å². The highest BCUT2D eigenvalue weighted by Crippen LogP contribution is 2.49. The summed E-state index contributed by atoms with van der Waals surface area (Å²) < 4.78 is 11.8. The zero-order valence-corrected chi connectivity index (χ0v) is 13.4. The van der Waals surface area contributed by atoms with Gasteiger partial charge in [-0.15, -0.1) is 0 Å². The molecule has 0 rings (SSSR count). The highest BCUT2D eigenvalue weighted by atomic mass is 28.4. The van der Waals surface area contributed by atoms with Gasteiger partial charge < -0.3 is 8.85 Å². The smallest absolute Gasteiger partial charge is 0.343 e. The van der Waals surface area contributed by atoms with Crippen LogP contribution >= 0.6 is 0 Å². The molecule has 2 nitrogen and oxygen atoms in total. The Kier molecular flexibility index (Phi) is 6.23. The molecule has 0 saturated heterocycles. The van der Waals surface area contributed by atoms with E-state index in [1.165, 1.54) is 0 Å². The van der Waals surface area contributed by atoms with Gasteiger partial charge in [0.15, 0.2) is 0 Å². The van der Waals surface area contributed by atoms with E-state index < -0.39 is 8.56 Å². The maximum Gasteiger partial charge on any atom is 0.343 e. The summed E-state index contributed by atoms with van der Waals surface area (Å²) in [6.45, 7) is 13.7. The van der Waals surface area contributed by atoms with Crippen LogP contribution in [-0.2, 0) is 8.85 Å². The Bertz CT molecular complexity index is 198. The first-order valence-electron chi connectivity index (χ1n) is 6.39. The molecule has 0 aliphatic heterocycles. The van der Waals surface area contributed by atoms with Gasteiger partial charge in [-0.3, -0.25) is 0 Å². The zero-order valence-electron chi connectivity index (χ0n) is 12.4. The average molecular weight is 246 g/mol. The average Bonchev–Trinajstić information content (AvgIpc) is 2.24. The van der Waals surface area contributed by atoms with Crippen LogP contribution in [0.5, 0.6) is 0 Å². The third-order valence-corrected chi connectivity index (χ3v) is 9.25. The van der Waals surface area contributed by atoms with Gasteiger partial charge in [0.2, 0.25) is 0 Å². The first-order chi connectivity index (χ1) is 7.29. The third kappa shape index (κ3) is 2.87. The molecular formula is C13H30O2Si. The number of rotatable bonds is 7. The SMILES string of the molecule is CCC[Si](OC)(OC)C(C)(C)C(C)C(C)C. The van der Waals surface area contributed by atoms with Crippen LogP contribution in [0.25, 0.3) is 0 Å². The van der Waals surface area contributed by atoms with Gasteiger partial charge in [-0.1, -0.05) is 48.0 Å². The molecule has 0 fully saturated rings. The zero-order chi connectivity index (χ0) is 13.0. The fourth-order valence-corrected chi connectivity index (χ4v) is 6.60. The van der Waals surface area contributed by atoms with Crippen molar-refractivity contribution in [2.45, 2.75) is 59.0 Å². The van der Waals surface area contributed by atoms with Gasteiger partial charge >= 0.3 is 8.56 Å². The first kappa shape index (κ1) is 16.1. The molecule has 0 saturated carbocycles. The second kappa shape index (κ2) is 6.17. The fraction of sp³-hybridized carbons (Fsp3) is 1.00. The summed E-state index contributed by atoms with van der Waals surface area (Å²) in [5, 5.41) is 0.140. The molecule has 16 heavy (non-hydrogen) atoms. The number of hydrogen-bond donors (Lipinski definition) is 0. The molecule has 0 bridgehead atoms. The highest BCUT2D eigenvalue weighted by molar-refractivity contribution is 6.70. The summed E-state index contributed by atoms with van der Waals surface area (Å²) in [6, 6.07) is 1.07. The Labute approximate surface area is 103 Å². The molecule has 0 N–H and O–H groups in total. The van der Waals surface area contributed by atoms with Gasteiger partial charge in [0.25, 0.3) is 0 Å². The van der Waals surface area contributed by atoms with Gasteiger partial charge in [-0.25, -0.2) is 0 Å². The van der Waals surface area contributed by atoms with Crippen molar-refractivity contribution < 1.29 is 8.85 Å². The van der Waals surface area contributed by atoms with Crippen molar-refractivity contribution in [3.63, 3.8) is 0 Å². The van der Waals surface area contributed by atoms with Crippen molar-refractivity contribution in [1.82, 2.24) is 0 Å². The van der Waals surface area contributed by atoms with Gasteiger partial charge in [0.05, 0.1) is 0 Å². The lowest BCUT2D eigenvalue weighted by molar-refractivity contribution is 0.171. The minimum absolute atomic E-state index is 0.140. The van der Waals surface area contributed by atoms with Crippen LogP contribution in [0.2, 0.25) is 11.1 Å². The lowest BCUT2D eigenvalue weighted by Crippen LogP contribution is -2.53. The van der Waals surface area contributed by atoms with E-state index in [9.17, 15) is 0 Å². The minimum atomic E-state index is -2.10. The minimum Gasteiger partial charge on any atom is -0.397 e. The van der Waals surface area contributed by atoms with Crippen molar-refractivity contribution in [2.24, 2.45) is 11.8 Å². The molecule has 3 heteroatoms. The van der Waals surface area contributed by atoms with Crippen LogP contribution in [0.15, 0.2) is 0 Å². The van der Waals surface area contributed by atoms with Crippen molar-refractivity contribution in [1.29, 1.82) is 0 Å². The van der Waals surface area contributed by atoms with Crippen molar-refractivity contribution in [3.8, 4) is 0 Å². The van der Waals surface area contributed by atoms with Crippen LogP contribution in [0.4, 0.5) is 0 Å². The first-order valence-corrected chi connectivity index (χ1v) is 8.41. The van der Waals surface area contributed by atoms with Crippen molar-refractivity contribution >= 4 is 8.56 Å². The van der Waals surface area contributed by atoms with E-state index in [0.29, 0.717) is 11.8 Å². The quantitative estimate of drug-likeness (QED) is 0.627. The van der Waals surface area contributed by atoms with Crippen LogP contribution in [0.1, 0.15) is 48.0 Å². The highest BCUT2D eigenvalue weighted by Gasteiger charge is 2.53. The lowest BCUT2D eigenvalue weighted by Gasteiger charge is -2.46. The van der Waals surface area contributed by atoms with Crippen molar-refractivity contribution in [3.05, 3.63) is 0 Å². The molecular weight excluding hydrogens is 216 g/mol. The standard InChI is InChI=1S/C13H30O2Si/c1-9-10-16(14-7,15-8)13(5,6)12(4)11(2)3/h11-12H,9-10H2,1-8H3. The molecule has 0 aliphatic rings. The molecule has 0 aromatic carbocycles. The van der Waals surface area contributed by atoms with Gasteiger partial charge in [0.1, 0.15) is 0 Å². The largest absolute Gasteiger partial charge is 0.397 e. The van der Waals surface area contributed by atoms with E-state index in [1.807, 2.05) is 14.2 Å². The Balaban J connectivity index is 5.16. The van der Waals surface area contributed by atoms with E-state index in [2.05, 4.69) is 41.5 Å². The lowest BCUT2D eigenvalue weighted by atomic mass is 9.86.